The van der Waals surface area contributed by atoms with Gasteiger partial charge < -0.3 is 10.6 Å². The second kappa shape index (κ2) is 7.41. The van der Waals surface area contributed by atoms with E-state index in [9.17, 15) is 0 Å². The molecule has 2 N–H and O–H groups in total. The summed E-state index contributed by atoms with van der Waals surface area (Å²) in [5, 5.41) is 11.2. The van der Waals surface area contributed by atoms with Crippen LogP contribution in [0.2, 0.25) is 0 Å². The summed E-state index contributed by atoms with van der Waals surface area (Å²) in [6.07, 6.45) is 1.84. The highest BCUT2D eigenvalue weighted by Gasteiger charge is 2.12. The lowest BCUT2D eigenvalue weighted by atomic mass is 10.1. The van der Waals surface area contributed by atoms with Gasteiger partial charge in [-0.3, -0.25) is 0 Å². The molecule has 0 radical (unpaired) electrons. The van der Waals surface area contributed by atoms with Crippen molar-refractivity contribution in [3.63, 3.8) is 0 Å². The van der Waals surface area contributed by atoms with Crippen LogP contribution >= 0.6 is 11.3 Å². The van der Waals surface area contributed by atoms with Gasteiger partial charge in [-0.2, -0.15) is 11.3 Å². The maximum Gasteiger partial charge on any atom is 0.134 e. The van der Waals surface area contributed by atoms with Crippen LogP contribution in [0.5, 0.6) is 0 Å². The highest BCUT2D eigenvalue weighted by atomic mass is 32.1. The molecule has 2 heterocycles. The maximum atomic E-state index is 4.64. The number of hydrogen-bond acceptors (Lipinski definition) is 5. The van der Waals surface area contributed by atoms with Crippen molar-refractivity contribution in [3.05, 3.63) is 33.8 Å². The van der Waals surface area contributed by atoms with Crippen LogP contribution in [0.25, 0.3) is 0 Å². The van der Waals surface area contributed by atoms with Crippen LogP contribution < -0.4 is 10.6 Å². The first-order valence-electron chi connectivity index (χ1n) is 7.53. The molecule has 0 saturated heterocycles. The lowest BCUT2D eigenvalue weighted by molar-refractivity contribution is 0.779. The molecule has 0 amide bonds. The topological polar surface area (TPSA) is 49.8 Å². The molecule has 114 valence electrons. The number of rotatable bonds is 7. The normalized spacial score (nSPS) is 12.2. The van der Waals surface area contributed by atoms with E-state index in [2.05, 4.69) is 65.1 Å². The average Bonchev–Trinajstić information content (AvgIpc) is 2.96. The molecule has 2 rings (SSSR count). The number of anilines is 2. The van der Waals surface area contributed by atoms with Crippen molar-refractivity contribution in [2.75, 3.05) is 17.2 Å². The predicted octanol–water partition coefficient (Wildman–Crippen LogP) is 3.88. The number of aryl methyl sites for hydroxylation is 1. The maximum absolute atomic E-state index is 4.64. The van der Waals surface area contributed by atoms with Crippen LogP contribution in [0.1, 0.15) is 37.7 Å². The van der Waals surface area contributed by atoms with Crippen LogP contribution in [0.4, 0.5) is 11.6 Å². The van der Waals surface area contributed by atoms with Crippen LogP contribution in [0.3, 0.4) is 0 Å². The van der Waals surface area contributed by atoms with Gasteiger partial charge in [0.25, 0.3) is 0 Å². The first-order chi connectivity index (χ1) is 10.1. The number of thiophene rings is 1. The predicted molar refractivity (Wildman–Crippen MR) is 91.4 cm³/mol. The van der Waals surface area contributed by atoms with Crippen molar-refractivity contribution in [1.29, 1.82) is 0 Å². The molecule has 0 aliphatic heterocycles. The number of hydrogen-bond donors (Lipinski definition) is 2. The highest BCUT2D eigenvalue weighted by molar-refractivity contribution is 7.07. The second-order valence-electron chi connectivity index (χ2n) is 5.23. The monoisotopic (exact) mass is 304 g/mol. The molecular formula is C16H24N4S. The largest absolute Gasteiger partial charge is 0.370 e. The minimum Gasteiger partial charge on any atom is -0.370 e. The Labute approximate surface area is 131 Å². The highest BCUT2D eigenvalue weighted by Crippen LogP contribution is 2.21. The molecule has 0 aliphatic carbocycles. The fourth-order valence-electron chi connectivity index (χ4n) is 2.25. The summed E-state index contributed by atoms with van der Waals surface area (Å²) >= 11 is 1.74. The number of nitrogens with one attached hydrogen (secondary N) is 2. The molecule has 1 atom stereocenters. The van der Waals surface area contributed by atoms with Gasteiger partial charge in [0.15, 0.2) is 0 Å². The summed E-state index contributed by atoms with van der Waals surface area (Å²) < 4.78 is 0. The van der Waals surface area contributed by atoms with E-state index in [1.165, 1.54) is 5.56 Å². The Morgan fingerprint density at radius 2 is 2.00 bits per heavy atom. The van der Waals surface area contributed by atoms with Gasteiger partial charge in [0.05, 0.1) is 0 Å². The molecule has 0 aliphatic rings. The van der Waals surface area contributed by atoms with E-state index in [1.807, 2.05) is 0 Å². The van der Waals surface area contributed by atoms with E-state index >= 15 is 0 Å². The second-order valence-corrected chi connectivity index (χ2v) is 6.01. The third kappa shape index (κ3) is 4.17. The zero-order valence-electron chi connectivity index (χ0n) is 13.2. The van der Waals surface area contributed by atoms with Crippen molar-refractivity contribution in [2.45, 2.75) is 46.6 Å². The van der Waals surface area contributed by atoms with E-state index in [1.54, 1.807) is 11.3 Å². The minimum atomic E-state index is 0.340. The Kier molecular flexibility index (Phi) is 5.56. The fourth-order valence-corrected chi connectivity index (χ4v) is 2.93. The quantitative estimate of drug-likeness (QED) is 0.815. The standard InChI is InChI=1S/C16H24N4S/c1-5-14-19-15(17-6-2)12(4)16(20-14)18-11(3)9-13-7-8-21-10-13/h7-8,10-11H,5-6,9H2,1-4H3,(H2,17,18,19,20). The molecule has 0 aromatic carbocycles. The van der Waals surface area contributed by atoms with Gasteiger partial charge in [0.1, 0.15) is 17.5 Å². The van der Waals surface area contributed by atoms with Gasteiger partial charge in [-0.15, -0.1) is 0 Å². The van der Waals surface area contributed by atoms with Crippen molar-refractivity contribution < 1.29 is 0 Å². The van der Waals surface area contributed by atoms with Crippen molar-refractivity contribution >= 4 is 23.0 Å². The average molecular weight is 304 g/mol. The van der Waals surface area contributed by atoms with E-state index < -0.39 is 0 Å². The molecule has 0 bridgehead atoms. The summed E-state index contributed by atoms with van der Waals surface area (Å²) in [7, 11) is 0. The Balaban J connectivity index is 2.15. The molecule has 1 unspecified atom stereocenters. The van der Waals surface area contributed by atoms with Crippen LogP contribution in [0.15, 0.2) is 16.8 Å². The lowest BCUT2D eigenvalue weighted by Gasteiger charge is -2.18. The molecule has 5 heteroatoms. The first-order valence-corrected chi connectivity index (χ1v) is 8.47. The molecule has 0 saturated carbocycles. The molecule has 2 aromatic heterocycles. The van der Waals surface area contributed by atoms with Gasteiger partial charge in [0, 0.05) is 24.6 Å². The zero-order valence-corrected chi connectivity index (χ0v) is 14.0. The summed E-state index contributed by atoms with van der Waals surface area (Å²) in [4.78, 5) is 9.21. The molecular weight excluding hydrogens is 280 g/mol. The summed E-state index contributed by atoms with van der Waals surface area (Å²) in [6.45, 7) is 9.29. The molecule has 4 nitrogen and oxygen atoms in total. The van der Waals surface area contributed by atoms with Crippen molar-refractivity contribution in [2.24, 2.45) is 0 Å². The van der Waals surface area contributed by atoms with E-state index in [0.29, 0.717) is 6.04 Å². The van der Waals surface area contributed by atoms with Crippen LogP contribution in [-0.2, 0) is 12.8 Å². The van der Waals surface area contributed by atoms with E-state index in [-0.39, 0.29) is 0 Å². The minimum absolute atomic E-state index is 0.340. The molecule has 0 fully saturated rings. The summed E-state index contributed by atoms with van der Waals surface area (Å²) in [5.41, 5.74) is 2.46. The molecule has 21 heavy (non-hydrogen) atoms. The Hall–Kier alpha value is -1.62. The van der Waals surface area contributed by atoms with Gasteiger partial charge >= 0.3 is 0 Å². The van der Waals surface area contributed by atoms with Gasteiger partial charge in [-0.05, 0) is 49.6 Å². The van der Waals surface area contributed by atoms with Gasteiger partial charge in [-0.1, -0.05) is 6.92 Å². The number of nitrogens with zero attached hydrogens (tertiary/aromatic N) is 2. The Morgan fingerprint density at radius 1 is 1.24 bits per heavy atom. The first kappa shape index (κ1) is 15.8. The van der Waals surface area contributed by atoms with Crippen LogP contribution in [-0.4, -0.2) is 22.6 Å². The zero-order chi connectivity index (χ0) is 15.2. The lowest BCUT2D eigenvalue weighted by Crippen LogP contribution is -2.20. The van der Waals surface area contributed by atoms with E-state index in [4.69, 9.17) is 0 Å². The van der Waals surface area contributed by atoms with Gasteiger partial charge in [-0.25, -0.2) is 9.97 Å². The molecule has 0 spiro atoms. The Morgan fingerprint density at radius 3 is 2.62 bits per heavy atom. The van der Waals surface area contributed by atoms with Crippen molar-refractivity contribution in [1.82, 2.24) is 9.97 Å². The fraction of sp³-hybridized carbons (Fsp3) is 0.500. The SMILES string of the molecule is CCNc1nc(CC)nc(NC(C)Cc2ccsc2)c1C. The summed E-state index contributed by atoms with van der Waals surface area (Å²) in [5.74, 6) is 2.76. The smallest absolute Gasteiger partial charge is 0.134 e. The summed E-state index contributed by atoms with van der Waals surface area (Å²) in [6, 6.07) is 2.52. The van der Waals surface area contributed by atoms with Crippen LogP contribution in [0, 0.1) is 6.92 Å². The molecule has 2 aromatic rings. The van der Waals surface area contributed by atoms with Crippen molar-refractivity contribution in [3.8, 4) is 0 Å². The third-order valence-corrected chi connectivity index (χ3v) is 4.09. The Bertz CT molecular complexity index is 566. The third-order valence-electron chi connectivity index (χ3n) is 3.36. The van der Waals surface area contributed by atoms with E-state index in [0.717, 1.165) is 42.4 Å². The number of aromatic nitrogens is 2. The van der Waals surface area contributed by atoms with Gasteiger partial charge in [0.2, 0.25) is 0 Å².